The van der Waals surface area contributed by atoms with E-state index in [-0.39, 0.29) is 5.69 Å². The van der Waals surface area contributed by atoms with Gasteiger partial charge in [-0.2, -0.15) is 0 Å². The molecule has 8 heteroatoms. The van der Waals surface area contributed by atoms with Crippen molar-refractivity contribution in [1.29, 1.82) is 0 Å². The number of para-hydroxylation sites is 1. The van der Waals surface area contributed by atoms with E-state index in [1.165, 1.54) is 7.11 Å². The fraction of sp³-hybridized carbons (Fsp3) is 0.238. The molecule has 0 aliphatic carbocycles. The van der Waals surface area contributed by atoms with Crippen LogP contribution in [0.15, 0.2) is 51.7 Å². The van der Waals surface area contributed by atoms with Gasteiger partial charge in [-0.15, -0.1) is 0 Å². The number of methoxy groups -OCH3 is 2. The zero-order chi connectivity index (χ0) is 20.8. The second kappa shape index (κ2) is 9.01. The third-order valence-electron chi connectivity index (χ3n) is 4.26. The normalized spacial score (nSPS) is 10.4. The molecule has 8 nitrogen and oxygen atoms in total. The van der Waals surface area contributed by atoms with Crippen LogP contribution in [0.25, 0.3) is 11.0 Å². The Balaban J connectivity index is 1.92. The van der Waals surface area contributed by atoms with Crippen molar-refractivity contribution in [3.05, 3.63) is 52.9 Å². The number of carbonyl (C=O) groups is 1. The number of anilines is 3. The molecule has 0 radical (unpaired) electrons. The first-order valence-corrected chi connectivity index (χ1v) is 9.17. The lowest BCUT2D eigenvalue weighted by Crippen LogP contribution is -2.25. The number of carbonyl (C=O) groups excluding carboxylic acids is 1. The van der Waals surface area contributed by atoms with Crippen molar-refractivity contribution in [1.82, 2.24) is 0 Å². The molecule has 0 aliphatic rings. The first kappa shape index (κ1) is 20.1. The molecule has 0 saturated heterocycles. The Morgan fingerprint density at radius 1 is 1.03 bits per heavy atom. The molecule has 0 aliphatic heterocycles. The molecule has 29 heavy (non-hydrogen) atoms. The number of rotatable bonds is 7. The van der Waals surface area contributed by atoms with Gasteiger partial charge in [-0.05, 0) is 30.7 Å². The molecule has 0 atom stereocenters. The summed E-state index contributed by atoms with van der Waals surface area (Å²) >= 11 is 0. The predicted molar refractivity (Wildman–Crippen MR) is 113 cm³/mol. The van der Waals surface area contributed by atoms with Gasteiger partial charge in [-0.1, -0.05) is 19.1 Å². The van der Waals surface area contributed by atoms with E-state index in [1.54, 1.807) is 37.4 Å². The van der Waals surface area contributed by atoms with E-state index in [9.17, 15) is 9.59 Å². The quantitative estimate of drug-likeness (QED) is 0.515. The van der Waals surface area contributed by atoms with Crippen LogP contribution in [-0.4, -0.2) is 26.8 Å². The van der Waals surface area contributed by atoms with E-state index in [2.05, 4.69) is 16.0 Å². The maximum Gasteiger partial charge on any atom is 0.362 e. The highest BCUT2D eigenvalue weighted by atomic mass is 16.5. The first-order chi connectivity index (χ1) is 14.1. The summed E-state index contributed by atoms with van der Waals surface area (Å²) in [6, 6.07) is 11.5. The van der Waals surface area contributed by atoms with Crippen LogP contribution in [-0.2, 0) is 0 Å². The van der Waals surface area contributed by atoms with Crippen molar-refractivity contribution < 1.29 is 18.7 Å². The largest absolute Gasteiger partial charge is 0.497 e. The van der Waals surface area contributed by atoms with Crippen LogP contribution in [0.3, 0.4) is 0 Å². The van der Waals surface area contributed by atoms with E-state index in [1.807, 2.05) is 19.1 Å². The summed E-state index contributed by atoms with van der Waals surface area (Å²) in [5.41, 5.74) is 0.801. The fourth-order valence-corrected chi connectivity index (χ4v) is 2.87. The molecule has 3 N–H and O–H groups in total. The number of fused-ring (bicyclic) bond motifs is 1. The second-order valence-electron chi connectivity index (χ2n) is 6.21. The Morgan fingerprint density at radius 2 is 1.83 bits per heavy atom. The minimum atomic E-state index is -0.640. The van der Waals surface area contributed by atoms with Gasteiger partial charge in [0.05, 0.1) is 25.6 Å². The van der Waals surface area contributed by atoms with Gasteiger partial charge < -0.3 is 24.5 Å². The number of benzene rings is 2. The zero-order valence-corrected chi connectivity index (χ0v) is 16.5. The van der Waals surface area contributed by atoms with Gasteiger partial charge in [0.2, 0.25) is 0 Å². The van der Waals surface area contributed by atoms with E-state index in [0.717, 1.165) is 6.42 Å². The number of hydrogen-bond acceptors (Lipinski definition) is 6. The van der Waals surface area contributed by atoms with Crippen molar-refractivity contribution in [3.63, 3.8) is 0 Å². The van der Waals surface area contributed by atoms with Crippen molar-refractivity contribution >= 4 is 34.1 Å². The van der Waals surface area contributed by atoms with Crippen LogP contribution in [0.1, 0.15) is 13.3 Å². The highest BCUT2D eigenvalue weighted by Gasteiger charge is 2.17. The molecule has 0 saturated carbocycles. The maximum atomic E-state index is 12.6. The molecule has 2 aromatic carbocycles. The first-order valence-electron chi connectivity index (χ1n) is 9.17. The summed E-state index contributed by atoms with van der Waals surface area (Å²) < 4.78 is 15.8. The summed E-state index contributed by atoms with van der Waals surface area (Å²) in [7, 11) is 3.03. The smallest absolute Gasteiger partial charge is 0.362 e. The Morgan fingerprint density at radius 3 is 2.55 bits per heavy atom. The molecule has 1 aromatic heterocycles. The van der Waals surface area contributed by atoms with Gasteiger partial charge in [0.1, 0.15) is 17.1 Å². The van der Waals surface area contributed by atoms with Crippen LogP contribution < -0.4 is 31.0 Å². The van der Waals surface area contributed by atoms with Crippen LogP contribution in [0.4, 0.5) is 21.9 Å². The minimum absolute atomic E-state index is 0.0436. The van der Waals surface area contributed by atoms with E-state index in [4.69, 9.17) is 13.9 Å². The highest BCUT2D eigenvalue weighted by molar-refractivity contribution is 6.06. The molecular weight excluding hydrogens is 374 g/mol. The van der Waals surface area contributed by atoms with E-state index < -0.39 is 11.7 Å². The van der Waals surface area contributed by atoms with Crippen molar-refractivity contribution in [2.45, 2.75) is 13.3 Å². The third-order valence-corrected chi connectivity index (χ3v) is 4.26. The Kier molecular flexibility index (Phi) is 6.23. The molecule has 3 rings (SSSR count). The molecule has 0 bridgehead atoms. The molecule has 0 unspecified atom stereocenters. The maximum absolute atomic E-state index is 12.6. The molecule has 1 heterocycles. The van der Waals surface area contributed by atoms with Gasteiger partial charge in [0.25, 0.3) is 0 Å². The lowest BCUT2D eigenvalue weighted by molar-refractivity contribution is 0.262. The average molecular weight is 397 g/mol. The van der Waals surface area contributed by atoms with Crippen LogP contribution in [0.5, 0.6) is 11.5 Å². The molecule has 2 amide bonds. The molecule has 3 aromatic rings. The summed E-state index contributed by atoms with van der Waals surface area (Å²) in [6.07, 6.45) is 0.850. The molecular formula is C21H23N3O5. The number of nitrogens with one attached hydrogen (secondary N) is 3. The van der Waals surface area contributed by atoms with Crippen molar-refractivity contribution in [2.24, 2.45) is 0 Å². The Labute approximate surface area is 167 Å². The minimum Gasteiger partial charge on any atom is -0.497 e. The van der Waals surface area contributed by atoms with Crippen LogP contribution >= 0.6 is 0 Å². The van der Waals surface area contributed by atoms with Gasteiger partial charge in [-0.25, -0.2) is 9.59 Å². The SMILES string of the molecule is CCCNc1c(NC(=O)Nc2ccc(OC)cc2OC)c(=O)oc2ccccc12. The van der Waals surface area contributed by atoms with E-state index >= 15 is 0 Å². The number of amides is 2. The topological polar surface area (TPSA) is 102 Å². The lowest BCUT2D eigenvalue weighted by atomic mass is 10.2. The monoisotopic (exact) mass is 397 g/mol. The van der Waals surface area contributed by atoms with Crippen LogP contribution in [0, 0.1) is 0 Å². The lowest BCUT2D eigenvalue weighted by Gasteiger charge is -2.15. The van der Waals surface area contributed by atoms with Crippen molar-refractivity contribution in [3.8, 4) is 11.5 Å². The Hall–Kier alpha value is -3.68. The van der Waals surface area contributed by atoms with Gasteiger partial charge in [0.15, 0.2) is 5.69 Å². The number of hydrogen-bond donors (Lipinski definition) is 3. The van der Waals surface area contributed by atoms with Crippen molar-refractivity contribution in [2.75, 3.05) is 36.7 Å². The molecule has 152 valence electrons. The average Bonchev–Trinajstić information content (AvgIpc) is 2.73. The van der Waals surface area contributed by atoms with Crippen LogP contribution in [0.2, 0.25) is 0 Å². The summed E-state index contributed by atoms with van der Waals surface area (Å²) in [4.78, 5) is 25.1. The summed E-state index contributed by atoms with van der Waals surface area (Å²) in [5, 5.41) is 9.20. The van der Waals surface area contributed by atoms with Gasteiger partial charge >= 0.3 is 11.7 Å². The summed E-state index contributed by atoms with van der Waals surface area (Å²) in [6.45, 7) is 2.65. The predicted octanol–water partition coefficient (Wildman–Crippen LogP) is 4.28. The number of ether oxygens (including phenoxy) is 2. The van der Waals surface area contributed by atoms with Gasteiger partial charge in [0, 0.05) is 18.0 Å². The Bertz CT molecular complexity index is 1080. The zero-order valence-electron chi connectivity index (χ0n) is 16.5. The van der Waals surface area contributed by atoms with Gasteiger partial charge in [-0.3, -0.25) is 5.32 Å². The van der Waals surface area contributed by atoms with E-state index in [0.29, 0.717) is 40.4 Å². The second-order valence-corrected chi connectivity index (χ2v) is 6.21. The number of urea groups is 1. The molecule has 0 fully saturated rings. The highest BCUT2D eigenvalue weighted by Crippen LogP contribution is 2.31. The molecule has 0 spiro atoms. The fourth-order valence-electron chi connectivity index (χ4n) is 2.87. The summed E-state index contributed by atoms with van der Waals surface area (Å²) in [5.74, 6) is 1.02. The standard InChI is InChI=1S/C21H23N3O5/c1-4-11-22-18-14-7-5-6-8-16(14)29-20(25)19(18)24-21(26)23-15-10-9-13(27-2)12-17(15)28-3/h5-10,12,22H,4,11H2,1-3H3,(H2,23,24,26). The third kappa shape index (κ3) is 4.43.